The van der Waals surface area contributed by atoms with E-state index in [1.54, 1.807) is 0 Å². The third-order valence-corrected chi connectivity index (χ3v) is 3.79. The molecule has 2 rings (SSSR count). The van der Waals surface area contributed by atoms with E-state index in [1.807, 2.05) is 25.1 Å². The first-order chi connectivity index (χ1) is 9.41. The summed E-state index contributed by atoms with van der Waals surface area (Å²) in [6.07, 6.45) is 0.905. The number of fused-ring (bicyclic) bond motifs is 1. The van der Waals surface area contributed by atoms with Crippen LogP contribution in [0.25, 0.3) is 0 Å². The van der Waals surface area contributed by atoms with Crippen LogP contribution in [-0.2, 0) is 16.0 Å². The number of nitrogens with one attached hydrogen (secondary N) is 1. The Morgan fingerprint density at radius 1 is 1.35 bits per heavy atom. The highest BCUT2D eigenvalue weighted by atomic mass is 16.4. The van der Waals surface area contributed by atoms with Gasteiger partial charge in [0.15, 0.2) is 0 Å². The molecule has 3 unspecified atom stereocenters. The van der Waals surface area contributed by atoms with Crippen molar-refractivity contribution in [1.29, 1.82) is 0 Å². The van der Waals surface area contributed by atoms with E-state index in [4.69, 9.17) is 5.11 Å². The number of hydrogen-bond acceptors (Lipinski definition) is 3. The quantitative estimate of drug-likeness (QED) is 0.872. The van der Waals surface area contributed by atoms with Crippen molar-refractivity contribution < 1.29 is 14.7 Å². The third kappa shape index (κ3) is 2.61. The monoisotopic (exact) mass is 276 g/mol. The summed E-state index contributed by atoms with van der Waals surface area (Å²) in [5, 5.41) is 11.4. The van der Waals surface area contributed by atoms with E-state index < -0.39 is 18.1 Å². The van der Waals surface area contributed by atoms with Crippen molar-refractivity contribution in [2.24, 2.45) is 0 Å². The van der Waals surface area contributed by atoms with E-state index >= 15 is 0 Å². The van der Waals surface area contributed by atoms with Gasteiger partial charge in [0.25, 0.3) is 0 Å². The highest BCUT2D eigenvalue weighted by molar-refractivity contribution is 5.89. The van der Waals surface area contributed by atoms with E-state index in [9.17, 15) is 9.59 Å². The summed E-state index contributed by atoms with van der Waals surface area (Å²) in [5.74, 6) is -1.29. The second kappa shape index (κ2) is 5.53. The lowest BCUT2D eigenvalue weighted by Crippen LogP contribution is -2.51. The summed E-state index contributed by atoms with van der Waals surface area (Å²) in [6, 6.07) is 6.97. The molecule has 0 saturated carbocycles. The van der Waals surface area contributed by atoms with Gasteiger partial charge in [-0.05, 0) is 38.8 Å². The normalized spacial score (nSPS) is 20.1. The van der Waals surface area contributed by atoms with Gasteiger partial charge in [-0.2, -0.15) is 0 Å². The molecule has 108 valence electrons. The van der Waals surface area contributed by atoms with E-state index in [1.165, 1.54) is 12.5 Å². The molecule has 0 aliphatic carbocycles. The zero-order valence-electron chi connectivity index (χ0n) is 12.0. The van der Waals surface area contributed by atoms with Gasteiger partial charge in [0.05, 0.1) is 0 Å². The molecule has 20 heavy (non-hydrogen) atoms. The minimum atomic E-state index is -1.03. The molecule has 1 aromatic carbocycles. The zero-order valence-corrected chi connectivity index (χ0v) is 12.0. The molecule has 2 N–H and O–H groups in total. The Kier molecular flexibility index (Phi) is 3.97. The molecular formula is C15H20N2O3. The van der Waals surface area contributed by atoms with Gasteiger partial charge in [0.1, 0.15) is 12.1 Å². The molecule has 1 aliphatic heterocycles. The highest BCUT2D eigenvalue weighted by Gasteiger charge is 2.33. The summed E-state index contributed by atoms with van der Waals surface area (Å²) >= 11 is 0. The second-order valence-corrected chi connectivity index (χ2v) is 5.33. The van der Waals surface area contributed by atoms with Crippen molar-refractivity contribution in [2.75, 3.05) is 4.90 Å². The van der Waals surface area contributed by atoms with E-state index in [0.717, 1.165) is 12.1 Å². The maximum absolute atomic E-state index is 12.2. The first kappa shape index (κ1) is 14.4. The number of amides is 1. The van der Waals surface area contributed by atoms with Crippen molar-refractivity contribution in [2.45, 2.75) is 45.3 Å². The van der Waals surface area contributed by atoms with E-state index in [-0.39, 0.29) is 11.9 Å². The van der Waals surface area contributed by atoms with Crippen LogP contribution in [0.2, 0.25) is 0 Å². The van der Waals surface area contributed by atoms with Gasteiger partial charge >= 0.3 is 5.97 Å². The number of rotatable bonds is 4. The average Bonchev–Trinajstić information content (AvgIpc) is 2.73. The Balaban J connectivity index is 2.15. The number of anilines is 1. The minimum absolute atomic E-state index is 0.230. The van der Waals surface area contributed by atoms with Crippen LogP contribution < -0.4 is 10.2 Å². The fraction of sp³-hybridized carbons (Fsp3) is 0.467. The Morgan fingerprint density at radius 2 is 2.00 bits per heavy atom. The number of aliphatic carboxylic acids is 1. The van der Waals surface area contributed by atoms with Gasteiger partial charge in [-0.15, -0.1) is 0 Å². The molecule has 5 heteroatoms. The van der Waals surface area contributed by atoms with Crippen LogP contribution in [0.15, 0.2) is 24.3 Å². The largest absolute Gasteiger partial charge is 0.480 e. The summed E-state index contributed by atoms with van der Waals surface area (Å²) < 4.78 is 0. The number of para-hydroxylation sites is 1. The second-order valence-electron chi connectivity index (χ2n) is 5.33. The SMILES string of the molecule is CC(NC(=O)C(C)N1c2ccccc2CC1C)C(=O)O. The predicted molar refractivity (Wildman–Crippen MR) is 76.8 cm³/mol. The maximum atomic E-state index is 12.2. The molecule has 0 spiro atoms. The summed E-state index contributed by atoms with van der Waals surface area (Å²) in [6.45, 7) is 5.35. The van der Waals surface area contributed by atoms with Gasteiger partial charge in [0.2, 0.25) is 5.91 Å². The van der Waals surface area contributed by atoms with Gasteiger partial charge in [0, 0.05) is 11.7 Å². The lowest BCUT2D eigenvalue weighted by molar-refractivity contribution is -0.141. The first-order valence-corrected chi connectivity index (χ1v) is 6.81. The van der Waals surface area contributed by atoms with Gasteiger partial charge in [-0.3, -0.25) is 9.59 Å². The van der Waals surface area contributed by atoms with Crippen molar-refractivity contribution in [1.82, 2.24) is 5.32 Å². The molecule has 0 saturated heterocycles. The standard InChI is InChI=1S/C15H20N2O3/c1-9-8-12-6-4-5-7-13(12)17(9)11(3)14(18)16-10(2)15(19)20/h4-7,9-11H,8H2,1-3H3,(H,16,18)(H,19,20). The topological polar surface area (TPSA) is 69.6 Å². The number of hydrogen-bond donors (Lipinski definition) is 2. The molecule has 0 fully saturated rings. The highest BCUT2D eigenvalue weighted by Crippen LogP contribution is 2.33. The van der Waals surface area contributed by atoms with Gasteiger partial charge in [-0.25, -0.2) is 0 Å². The van der Waals surface area contributed by atoms with Crippen LogP contribution in [-0.4, -0.2) is 35.1 Å². The third-order valence-electron chi connectivity index (χ3n) is 3.79. The lowest BCUT2D eigenvalue weighted by Gasteiger charge is -2.31. The molecule has 1 heterocycles. The van der Waals surface area contributed by atoms with Crippen molar-refractivity contribution in [3.05, 3.63) is 29.8 Å². The first-order valence-electron chi connectivity index (χ1n) is 6.81. The summed E-state index contributed by atoms with van der Waals surface area (Å²) in [5.41, 5.74) is 2.29. The Bertz CT molecular complexity index is 530. The van der Waals surface area contributed by atoms with Crippen LogP contribution in [0.1, 0.15) is 26.3 Å². The molecule has 0 aromatic heterocycles. The molecular weight excluding hydrogens is 256 g/mol. The molecule has 1 amide bonds. The van der Waals surface area contributed by atoms with Crippen LogP contribution in [0, 0.1) is 0 Å². The van der Waals surface area contributed by atoms with E-state index in [0.29, 0.717) is 0 Å². The Hall–Kier alpha value is -2.04. The van der Waals surface area contributed by atoms with E-state index in [2.05, 4.69) is 23.2 Å². The molecule has 1 aromatic rings. The lowest BCUT2D eigenvalue weighted by atomic mass is 10.1. The van der Waals surface area contributed by atoms with Gasteiger partial charge in [-0.1, -0.05) is 18.2 Å². The van der Waals surface area contributed by atoms with Crippen LogP contribution in [0.4, 0.5) is 5.69 Å². The Labute approximate surface area is 118 Å². The molecule has 0 bridgehead atoms. The summed E-state index contributed by atoms with van der Waals surface area (Å²) in [7, 11) is 0. The van der Waals surface area contributed by atoms with Crippen LogP contribution >= 0.6 is 0 Å². The predicted octanol–water partition coefficient (Wildman–Crippen LogP) is 1.42. The fourth-order valence-electron chi connectivity index (χ4n) is 2.70. The number of benzene rings is 1. The van der Waals surface area contributed by atoms with Crippen molar-refractivity contribution in [3.63, 3.8) is 0 Å². The Morgan fingerprint density at radius 3 is 2.65 bits per heavy atom. The minimum Gasteiger partial charge on any atom is -0.480 e. The molecule has 1 aliphatic rings. The number of carbonyl (C=O) groups excluding carboxylic acids is 1. The zero-order chi connectivity index (χ0) is 14.9. The molecule has 5 nitrogen and oxygen atoms in total. The van der Waals surface area contributed by atoms with Crippen LogP contribution in [0.5, 0.6) is 0 Å². The van der Waals surface area contributed by atoms with Gasteiger partial charge < -0.3 is 15.3 Å². The summed E-state index contributed by atoms with van der Waals surface area (Å²) in [4.78, 5) is 25.1. The molecule has 0 radical (unpaired) electrons. The fourth-order valence-corrected chi connectivity index (χ4v) is 2.70. The van der Waals surface area contributed by atoms with Crippen molar-refractivity contribution in [3.8, 4) is 0 Å². The number of carboxylic acids is 1. The number of carboxylic acid groups (broad SMARTS) is 1. The van der Waals surface area contributed by atoms with Crippen LogP contribution in [0.3, 0.4) is 0 Å². The van der Waals surface area contributed by atoms with Crippen molar-refractivity contribution >= 4 is 17.6 Å². The number of carbonyl (C=O) groups is 2. The number of nitrogens with zero attached hydrogens (tertiary/aromatic N) is 1. The smallest absolute Gasteiger partial charge is 0.325 e. The maximum Gasteiger partial charge on any atom is 0.325 e. The average molecular weight is 276 g/mol. The molecule has 3 atom stereocenters.